The average molecular weight is 370 g/mol. The van der Waals surface area contributed by atoms with Crippen molar-refractivity contribution in [2.45, 2.75) is 6.92 Å². The van der Waals surface area contributed by atoms with Gasteiger partial charge in [0.15, 0.2) is 0 Å². The second kappa shape index (κ2) is 3.89. The normalized spacial score (nSPS) is 9.73. The highest BCUT2D eigenvalue weighted by atomic mass is 127. The van der Waals surface area contributed by atoms with Gasteiger partial charge in [0.2, 0.25) is 0 Å². The van der Waals surface area contributed by atoms with Crippen molar-refractivity contribution < 1.29 is 0 Å². The van der Waals surface area contributed by atoms with Gasteiger partial charge in [-0.3, -0.25) is 0 Å². The predicted molar refractivity (Wildman–Crippen MR) is 66.7 cm³/mol. The van der Waals surface area contributed by atoms with Crippen molar-refractivity contribution in [3.63, 3.8) is 0 Å². The number of halogens is 2. The third-order valence-corrected chi connectivity index (χ3v) is 4.92. The summed E-state index contributed by atoms with van der Waals surface area (Å²) >= 11 is 4.70. The maximum atomic E-state index is 3.76. The molecule has 0 aliphatic rings. The van der Waals surface area contributed by atoms with E-state index in [9.17, 15) is 0 Å². The summed E-state index contributed by atoms with van der Waals surface area (Å²) in [6, 6.07) is 4.22. The van der Waals surface area contributed by atoms with E-state index in [0.717, 1.165) is 0 Å². The van der Waals surface area contributed by atoms with Gasteiger partial charge in [-0.1, -0.05) is 18.7 Å². The van der Waals surface area contributed by atoms with E-state index in [-0.39, 0.29) is 0 Å². The highest BCUT2D eigenvalue weighted by molar-refractivity contribution is 14.1. The van der Waals surface area contributed by atoms with Crippen LogP contribution in [0.4, 0.5) is 0 Å². The summed E-state index contributed by atoms with van der Waals surface area (Å²) in [5, 5.41) is 0. The van der Waals surface area contributed by atoms with E-state index in [2.05, 4.69) is 70.8 Å². The van der Waals surface area contributed by atoms with Gasteiger partial charge in [0.25, 0.3) is 0 Å². The first-order valence-corrected chi connectivity index (χ1v) is 5.39. The van der Waals surface area contributed by atoms with E-state index in [1.807, 2.05) is 6.08 Å². The first-order chi connectivity index (χ1) is 5.16. The third-order valence-electron chi connectivity index (χ3n) is 1.60. The minimum absolute atomic E-state index is 1.23. The van der Waals surface area contributed by atoms with E-state index in [0.29, 0.717) is 0 Å². The fourth-order valence-electron chi connectivity index (χ4n) is 0.888. The Bertz CT molecular complexity index is 290. The van der Waals surface area contributed by atoms with Gasteiger partial charge in [-0.25, -0.2) is 0 Å². The van der Waals surface area contributed by atoms with Crippen LogP contribution in [0.15, 0.2) is 18.7 Å². The lowest BCUT2D eigenvalue weighted by atomic mass is 10.1. The van der Waals surface area contributed by atoms with Crippen molar-refractivity contribution >= 4 is 51.3 Å². The Balaban J connectivity index is 3.36. The molecule has 0 bridgehead atoms. The first kappa shape index (κ1) is 9.51. The molecule has 0 heterocycles. The van der Waals surface area contributed by atoms with E-state index in [1.54, 1.807) is 0 Å². The van der Waals surface area contributed by atoms with Crippen LogP contribution in [0.3, 0.4) is 0 Å². The Kier molecular flexibility index (Phi) is 3.36. The molecule has 0 aliphatic carbocycles. The largest absolute Gasteiger partial charge is 0.0985 e. The van der Waals surface area contributed by atoms with Gasteiger partial charge in [0, 0.05) is 7.14 Å². The molecule has 2 heteroatoms. The fraction of sp³-hybridized carbons (Fsp3) is 0.111. The topological polar surface area (TPSA) is 0 Å². The molecular formula is C9H8I2. The van der Waals surface area contributed by atoms with Crippen molar-refractivity contribution in [2.75, 3.05) is 0 Å². The van der Waals surface area contributed by atoms with Gasteiger partial charge in [0.1, 0.15) is 0 Å². The Hall–Kier alpha value is 0.420. The van der Waals surface area contributed by atoms with Crippen LogP contribution in [-0.2, 0) is 0 Å². The standard InChI is InChI=1S/C9H8I2/c1-3-7-4-5-8(10)9(11)6(7)2/h3-5H,1H2,2H3. The molecule has 0 nitrogen and oxygen atoms in total. The second-order valence-electron chi connectivity index (χ2n) is 2.28. The molecule has 0 amide bonds. The minimum Gasteiger partial charge on any atom is -0.0985 e. The summed E-state index contributed by atoms with van der Waals surface area (Å²) in [7, 11) is 0. The van der Waals surface area contributed by atoms with E-state index in [1.165, 1.54) is 18.3 Å². The highest BCUT2D eigenvalue weighted by Gasteiger charge is 2.01. The summed E-state index contributed by atoms with van der Waals surface area (Å²) < 4.78 is 2.65. The third kappa shape index (κ3) is 1.96. The summed E-state index contributed by atoms with van der Waals surface area (Å²) in [5.74, 6) is 0. The van der Waals surface area contributed by atoms with Gasteiger partial charge in [0.05, 0.1) is 0 Å². The molecule has 0 aromatic heterocycles. The second-order valence-corrected chi connectivity index (χ2v) is 4.52. The molecule has 1 aromatic rings. The number of rotatable bonds is 1. The molecule has 1 aromatic carbocycles. The molecule has 0 N–H and O–H groups in total. The molecule has 0 saturated carbocycles. The highest BCUT2D eigenvalue weighted by Crippen LogP contribution is 2.22. The molecule has 0 radical (unpaired) electrons. The molecule has 0 aliphatic heterocycles. The molecule has 0 fully saturated rings. The van der Waals surface area contributed by atoms with Crippen LogP contribution in [-0.4, -0.2) is 0 Å². The summed E-state index contributed by atoms with van der Waals surface area (Å²) in [6.45, 7) is 5.88. The Morgan fingerprint density at radius 2 is 2.00 bits per heavy atom. The Labute approximate surface area is 94.4 Å². The zero-order valence-corrected chi connectivity index (χ0v) is 10.5. The molecule has 0 saturated heterocycles. The smallest absolute Gasteiger partial charge is 0.0299 e. The summed E-state index contributed by atoms with van der Waals surface area (Å²) in [4.78, 5) is 0. The van der Waals surface area contributed by atoms with Gasteiger partial charge >= 0.3 is 0 Å². The van der Waals surface area contributed by atoms with Crippen LogP contribution in [0.5, 0.6) is 0 Å². The van der Waals surface area contributed by atoms with E-state index in [4.69, 9.17) is 0 Å². The molecule has 0 spiro atoms. The van der Waals surface area contributed by atoms with Gasteiger partial charge in [-0.15, -0.1) is 0 Å². The summed E-state index contributed by atoms with van der Waals surface area (Å²) in [5.41, 5.74) is 2.56. The fourth-order valence-corrected chi connectivity index (χ4v) is 1.96. The van der Waals surface area contributed by atoms with Crippen molar-refractivity contribution in [1.29, 1.82) is 0 Å². The van der Waals surface area contributed by atoms with Crippen molar-refractivity contribution in [1.82, 2.24) is 0 Å². The quantitative estimate of drug-likeness (QED) is 0.659. The van der Waals surface area contributed by atoms with Crippen LogP contribution >= 0.6 is 45.2 Å². The molecule has 0 unspecified atom stereocenters. The van der Waals surface area contributed by atoms with E-state index >= 15 is 0 Å². The first-order valence-electron chi connectivity index (χ1n) is 3.24. The SMILES string of the molecule is C=Cc1ccc(I)c(I)c1C. The number of hydrogen-bond donors (Lipinski definition) is 0. The van der Waals surface area contributed by atoms with Crippen LogP contribution in [0.1, 0.15) is 11.1 Å². The number of benzene rings is 1. The van der Waals surface area contributed by atoms with Gasteiger partial charge in [-0.2, -0.15) is 0 Å². The zero-order chi connectivity index (χ0) is 8.43. The van der Waals surface area contributed by atoms with Gasteiger partial charge in [-0.05, 0) is 69.3 Å². The lowest BCUT2D eigenvalue weighted by molar-refractivity contribution is 1.38. The maximum Gasteiger partial charge on any atom is 0.0299 e. The molecule has 11 heavy (non-hydrogen) atoms. The van der Waals surface area contributed by atoms with Crippen LogP contribution in [0.2, 0.25) is 0 Å². The van der Waals surface area contributed by atoms with Gasteiger partial charge < -0.3 is 0 Å². The predicted octanol–water partition coefficient (Wildman–Crippen LogP) is 3.85. The summed E-state index contributed by atoms with van der Waals surface area (Å²) in [6.07, 6.45) is 1.90. The van der Waals surface area contributed by atoms with Crippen LogP contribution < -0.4 is 0 Å². The molecule has 1 rings (SSSR count). The Morgan fingerprint density at radius 3 is 2.55 bits per heavy atom. The maximum absolute atomic E-state index is 3.76. The van der Waals surface area contributed by atoms with Crippen molar-refractivity contribution in [3.05, 3.63) is 37.0 Å². The van der Waals surface area contributed by atoms with Crippen molar-refractivity contribution in [3.8, 4) is 0 Å². The molecule has 58 valence electrons. The minimum atomic E-state index is 1.23. The Morgan fingerprint density at radius 1 is 1.36 bits per heavy atom. The zero-order valence-electron chi connectivity index (χ0n) is 6.20. The lowest BCUT2D eigenvalue weighted by Gasteiger charge is -2.04. The van der Waals surface area contributed by atoms with Crippen molar-refractivity contribution in [2.24, 2.45) is 0 Å². The average Bonchev–Trinajstić information content (AvgIpc) is 2.01. The monoisotopic (exact) mass is 370 g/mol. The van der Waals surface area contributed by atoms with E-state index < -0.39 is 0 Å². The van der Waals surface area contributed by atoms with Crippen LogP contribution in [0.25, 0.3) is 6.08 Å². The number of hydrogen-bond acceptors (Lipinski definition) is 0. The van der Waals surface area contributed by atoms with Crippen LogP contribution in [0, 0.1) is 14.1 Å². The molecular weight excluding hydrogens is 362 g/mol. The molecule has 0 atom stereocenters. The lowest BCUT2D eigenvalue weighted by Crippen LogP contribution is -1.88.